The molecule has 0 amide bonds. The fraction of sp³-hybridized carbons (Fsp3) is 0.500. The van der Waals surface area contributed by atoms with Crippen LogP contribution in [-0.4, -0.2) is 39.3 Å². The number of carbonyl (C=O) groups is 2. The Kier molecular flexibility index (Phi) is 5.09. The molecule has 0 heterocycles. The Morgan fingerprint density at radius 3 is 2.30 bits per heavy atom. The highest BCUT2D eigenvalue weighted by atomic mass is 32.2. The molecule has 1 unspecified atom stereocenters. The minimum Gasteiger partial charge on any atom is -0.468 e. The molecule has 0 aliphatic heterocycles. The van der Waals surface area contributed by atoms with Crippen molar-refractivity contribution in [2.45, 2.75) is 36.3 Å². The molecule has 0 aromatic heterocycles. The first kappa shape index (κ1) is 17.5. The molecule has 1 aliphatic carbocycles. The van der Waals surface area contributed by atoms with Crippen molar-refractivity contribution < 1.29 is 27.5 Å². The number of ether oxygens (including phenoxy) is 2. The van der Waals surface area contributed by atoms with Gasteiger partial charge in [0.15, 0.2) is 15.1 Å². The standard InChI is InChI=1S/C16H20O6S/c1-3-22-15(18)16(9-10-16)11-13(14(17)21-2)23(19,20)12-7-5-4-6-8-12/h4-8,13H,3,9-11H2,1-2H3. The lowest BCUT2D eigenvalue weighted by atomic mass is 10.0. The Morgan fingerprint density at radius 2 is 1.83 bits per heavy atom. The Bertz CT molecular complexity index is 676. The molecule has 2 rings (SSSR count). The zero-order valence-electron chi connectivity index (χ0n) is 13.2. The number of carbonyl (C=O) groups excluding carboxylic acids is 2. The monoisotopic (exact) mass is 340 g/mol. The van der Waals surface area contributed by atoms with Gasteiger partial charge in [-0.15, -0.1) is 0 Å². The molecule has 23 heavy (non-hydrogen) atoms. The Balaban J connectivity index is 2.32. The second-order valence-electron chi connectivity index (χ2n) is 5.57. The molecule has 0 saturated heterocycles. The summed E-state index contributed by atoms with van der Waals surface area (Å²) in [5.41, 5.74) is -0.892. The zero-order valence-corrected chi connectivity index (χ0v) is 14.0. The molecular formula is C16H20O6S. The van der Waals surface area contributed by atoms with Crippen LogP contribution in [0.4, 0.5) is 0 Å². The summed E-state index contributed by atoms with van der Waals surface area (Å²) in [4.78, 5) is 24.2. The van der Waals surface area contributed by atoms with E-state index in [1.54, 1.807) is 25.1 Å². The van der Waals surface area contributed by atoms with Gasteiger partial charge in [0.1, 0.15) is 0 Å². The molecule has 1 aromatic carbocycles. The molecule has 1 saturated carbocycles. The van der Waals surface area contributed by atoms with Crippen molar-refractivity contribution in [3.8, 4) is 0 Å². The SMILES string of the molecule is CCOC(=O)C1(CC(C(=O)OC)S(=O)(=O)c2ccccc2)CC1. The highest BCUT2D eigenvalue weighted by Crippen LogP contribution is 2.52. The van der Waals surface area contributed by atoms with Crippen molar-refractivity contribution >= 4 is 21.8 Å². The Hall–Kier alpha value is -1.89. The van der Waals surface area contributed by atoms with Crippen LogP contribution in [0, 0.1) is 5.41 Å². The van der Waals surface area contributed by atoms with Crippen LogP contribution in [0.15, 0.2) is 35.2 Å². The third kappa shape index (κ3) is 3.55. The van der Waals surface area contributed by atoms with Crippen LogP contribution in [0.3, 0.4) is 0 Å². The summed E-state index contributed by atoms with van der Waals surface area (Å²) < 4.78 is 35.2. The smallest absolute Gasteiger partial charge is 0.324 e. The van der Waals surface area contributed by atoms with Crippen molar-refractivity contribution in [3.05, 3.63) is 30.3 Å². The summed E-state index contributed by atoms with van der Waals surface area (Å²) in [7, 11) is -2.80. The van der Waals surface area contributed by atoms with Crippen LogP contribution in [0.5, 0.6) is 0 Å². The van der Waals surface area contributed by atoms with E-state index in [9.17, 15) is 18.0 Å². The van der Waals surface area contributed by atoms with Crippen molar-refractivity contribution in [2.75, 3.05) is 13.7 Å². The minimum absolute atomic E-state index is 0.0371. The average Bonchev–Trinajstić information content (AvgIpc) is 3.34. The summed E-state index contributed by atoms with van der Waals surface area (Å²) in [6.07, 6.45) is 0.920. The highest BCUT2D eigenvalue weighted by molar-refractivity contribution is 7.92. The summed E-state index contributed by atoms with van der Waals surface area (Å²) in [5.74, 6) is -1.30. The number of methoxy groups -OCH3 is 1. The highest BCUT2D eigenvalue weighted by Gasteiger charge is 2.55. The fourth-order valence-electron chi connectivity index (χ4n) is 2.51. The molecule has 1 aliphatic rings. The van der Waals surface area contributed by atoms with Gasteiger partial charge in [0.05, 0.1) is 24.0 Å². The van der Waals surface area contributed by atoms with E-state index in [-0.39, 0.29) is 17.9 Å². The van der Waals surface area contributed by atoms with E-state index in [0.717, 1.165) is 7.11 Å². The van der Waals surface area contributed by atoms with Gasteiger partial charge in [0.25, 0.3) is 0 Å². The number of esters is 2. The Labute approximate surface area is 135 Å². The summed E-state index contributed by atoms with van der Waals surface area (Å²) >= 11 is 0. The van der Waals surface area contributed by atoms with Gasteiger partial charge < -0.3 is 9.47 Å². The fourth-order valence-corrected chi connectivity index (χ4v) is 4.26. The first-order valence-corrected chi connectivity index (χ1v) is 8.96. The van der Waals surface area contributed by atoms with Gasteiger partial charge in [-0.25, -0.2) is 8.42 Å². The molecule has 0 N–H and O–H groups in total. The van der Waals surface area contributed by atoms with E-state index in [2.05, 4.69) is 4.74 Å². The molecule has 6 nitrogen and oxygen atoms in total. The number of sulfone groups is 1. The van der Waals surface area contributed by atoms with Crippen LogP contribution in [0.1, 0.15) is 26.2 Å². The molecule has 0 radical (unpaired) electrons. The van der Waals surface area contributed by atoms with E-state index in [4.69, 9.17) is 4.74 Å². The van der Waals surface area contributed by atoms with Crippen LogP contribution in [0.2, 0.25) is 0 Å². The van der Waals surface area contributed by atoms with E-state index in [1.807, 2.05) is 0 Å². The van der Waals surface area contributed by atoms with Crippen molar-refractivity contribution in [1.82, 2.24) is 0 Å². The van der Waals surface area contributed by atoms with Gasteiger partial charge in [-0.2, -0.15) is 0 Å². The lowest BCUT2D eigenvalue weighted by molar-refractivity contribution is -0.150. The number of benzene rings is 1. The van der Waals surface area contributed by atoms with Gasteiger partial charge in [-0.3, -0.25) is 9.59 Å². The molecule has 0 spiro atoms. The summed E-state index contributed by atoms with van der Waals surface area (Å²) in [6.45, 7) is 1.90. The molecule has 1 fully saturated rings. The van der Waals surface area contributed by atoms with Gasteiger partial charge in [0.2, 0.25) is 0 Å². The van der Waals surface area contributed by atoms with Gasteiger partial charge in [-0.1, -0.05) is 18.2 Å². The summed E-state index contributed by atoms with van der Waals surface area (Å²) in [5, 5.41) is -1.41. The third-order valence-corrected chi connectivity index (χ3v) is 6.09. The average molecular weight is 340 g/mol. The summed E-state index contributed by atoms with van der Waals surface area (Å²) in [6, 6.07) is 7.70. The lowest BCUT2D eigenvalue weighted by Gasteiger charge is -2.20. The molecular weight excluding hydrogens is 320 g/mol. The zero-order chi connectivity index (χ0) is 17.1. The van der Waals surface area contributed by atoms with Crippen molar-refractivity contribution in [3.63, 3.8) is 0 Å². The van der Waals surface area contributed by atoms with Gasteiger partial charge in [0, 0.05) is 0 Å². The lowest BCUT2D eigenvalue weighted by Crippen LogP contribution is -2.36. The maximum Gasteiger partial charge on any atom is 0.324 e. The second-order valence-corrected chi connectivity index (χ2v) is 7.71. The van der Waals surface area contributed by atoms with E-state index < -0.39 is 32.4 Å². The van der Waals surface area contributed by atoms with Crippen LogP contribution >= 0.6 is 0 Å². The number of hydrogen-bond acceptors (Lipinski definition) is 6. The quantitative estimate of drug-likeness (QED) is 0.703. The first-order valence-electron chi connectivity index (χ1n) is 7.41. The number of hydrogen-bond donors (Lipinski definition) is 0. The van der Waals surface area contributed by atoms with E-state index >= 15 is 0 Å². The molecule has 1 atom stereocenters. The maximum atomic E-state index is 12.8. The van der Waals surface area contributed by atoms with Crippen LogP contribution in [-0.2, 0) is 28.9 Å². The van der Waals surface area contributed by atoms with Crippen LogP contribution < -0.4 is 0 Å². The van der Waals surface area contributed by atoms with Crippen LogP contribution in [0.25, 0.3) is 0 Å². The normalized spacial score (nSPS) is 17.1. The molecule has 1 aromatic rings. The van der Waals surface area contributed by atoms with E-state index in [0.29, 0.717) is 12.8 Å². The van der Waals surface area contributed by atoms with Gasteiger partial charge in [-0.05, 0) is 38.3 Å². The van der Waals surface area contributed by atoms with Crippen molar-refractivity contribution in [1.29, 1.82) is 0 Å². The predicted molar refractivity (Wildman–Crippen MR) is 82.3 cm³/mol. The second kappa shape index (κ2) is 6.70. The topological polar surface area (TPSA) is 86.7 Å². The first-order chi connectivity index (χ1) is 10.9. The molecule has 0 bridgehead atoms. The van der Waals surface area contributed by atoms with E-state index in [1.165, 1.54) is 12.1 Å². The van der Waals surface area contributed by atoms with Gasteiger partial charge >= 0.3 is 11.9 Å². The minimum atomic E-state index is -3.94. The molecule has 126 valence electrons. The maximum absolute atomic E-state index is 12.8. The van der Waals surface area contributed by atoms with Crippen molar-refractivity contribution in [2.24, 2.45) is 5.41 Å². The Morgan fingerprint density at radius 1 is 1.22 bits per heavy atom. The third-order valence-electron chi connectivity index (χ3n) is 4.05. The largest absolute Gasteiger partial charge is 0.468 e. The number of rotatable bonds is 7. The molecule has 7 heteroatoms. The predicted octanol–water partition coefficient (Wildman–Crippen LogP) is 1.74.